The van der Waals surface area contributed by atoms with E-state index in [4.69, 9.17) is 22.7 Å². The first kappa shape index (κ1) is 15.7. The van der Waals surface area contributed by atoms with E-state index in [1.165, 1.54) is 0 Å². The van der Waals surface area contributed by atoms with E-state index in [0.29, 0.717) is 30.4 Å². The number of nitrogens with two attached hydrogens (primary N) is 1. The Hall–Kier alpha value is -1.66. The van der Waals surface area contributed by atoms with Crippen LogP contribution in [0.4, 0.5) is 5.82 Å². The molecule has 110 valence electrons. The minimum Gasteiger partial charge on any atom is -0.388 e. The molecule has 3 N–H and O–H groups in total. The highest BCUT2D eigenvalue weighted by atomic mass is 79.9. The fourth-order valence-corrected chi connectivity index (χ4v) is 2.62. The van der Waals surface area contributed by atoms with Gasteiger partial charge in [0.05, 0.1) is 10.9 Å². The van der Waals surface area contributed by atoms with Gasteiger partial charge in [0.1, 0.15) is 5.82 Å². The summed E-state index contributed by atoms with van der Waals surface area (Å²) in [5.74, 6) is 0.810. The SMILES string of the molecule is N=C(N)CCN(Cc1cccnc1)c1ncc(Br)cc1Cl. The Morgan fingerprint density at radius 3 is 2.86 bits per heavy atom. The molecule has 5 nitrogen and oxygen atoms in total. The Labute approximate surface area is 136 Å². The summed E-state index contributed by atoms with van der Waals surface area (Å²) in [6.07, 6.45) is 5.68. The fraction of sp³-hybridized carbons (Fsp3) is 0.214. The van der Waals surface area contributed by atoms with Gasteiger partial charge >= 0.3 is 0 Å². The summed E-state index contributed by atoms with van der Waals surface area (Å²) in [4.78, 5) is 10.5. The van der Waals surface area contributed by atoms with Crippen molar-refractivity contribution in [2.45, 2.75) is 13.0 Å². The normalized spacial score (nSPS) is 10.4. The Morgan fingerprint density at radius 1 is 1.43 bits per heavy atom. The number of nitrogens with one attached hydrogen (secondary N) is 1. The van der Waals surface area contributed by atoms with Crippen molar-refractivity contribution >= 4 is 39.2 Å². The van der Waals surface area contributed by atoms with Crippen molar-refractivity contribution in [2.75, 3.05) is 11.4 Å². The zero-order chi connectivity index (χ0) is 15.2. The third-order valence-electron chi connectivity index (χ3n) is 2.84. The molecule has 0 aliphatic heterocycles. The lowest BCUT2D eigenvalue weighted by Crippen LogP contribution is -2.28. The van der Waals surface area contributed by atoms with Crippen molar-refractivity contribution in [3.05, 3.63) is 51.8 Å². The van der Waals surface area contributed by atoms with Gasteiger partial charge in [0.2, 0.25) is 0 Å². The van der Waals surface area contributed by atoms with Gasteiger partial charge < -0.3 is 10.6 Å². The molecule has 21 heavy (non-hydrogen) atoms. The van der Waals surface area contributed by atoms with E-state index in [1.54, 1.807) is 24.7 Å². The zero-order valence-corrected chi connectivity index (χ0v) is 13.6. The minimum absolute atomic E-state index is 0.138. The topological polar surface area (TPSA) is 78.9 Å². The standard InChI is InChI=1S/C14H15BrClN5/c15-11-6-12(16)14(20-8-11)21(5-3-13(17)18)9-10-2-1-4-19-7-10/h1-2,4,6-8H,3,5,9H2,(H3,17,18). The van der Waals surface area contributed by atoms with E-state index in [2.05, 4.69) is 25.9 Å². The van der Waals surface area contributed by atoms with Gasteiger partial charge in [-0.15, -0.1) is 0 Å². The van der Waals surface area contributed by atoms with Crippen LogP contribution in [0.2, 0.25) is 5.02 Å². The monoisotopic (exact) mass is 367 g/mol. The van der Waals surface area contributed by atoms with Crippen molar-refractivity contribution in [1.29, 1.82) is 5.41 Å². The van der Waals surface area contributed by atoms with E-state index in [1.807, 2.05) is 17.0 Å². The van der Waals surface area contributed by atoms with Crippen LogP contribution in [0.5, 0.6) is 0 Å². The van der Waals surface area contributed by atoms with E-state index in [-0.39, 0.29) is 5.84 Å². The molecule has 2 heterocycles. The van der Waals surface area contributed by atoms with Crippen molar-refractivity contribution in [1.82, 2.24) is 9.97 Å². The predicted molar refractivity (Wildman–Crippen MR) is 88.8 cm³/mol. The molecule has 0 saturated carbocycles. The zero-order valence-electron chi connectivity index (χ0n) is 11.3. The van der Waals surface area contributed by atoms with E-state index >= 15 is 0 Å². The van der Waals surface area contributed by atoms with Crippen LogP contribution in [0, 0.1) is 5.41 Å². The number of amidine groups is 1. The number of pyridine rings is 2. The lowest BCUT2D eigenvalue weighted by atomic mass is 10.2. The second-order valence-electron chi connectivity index (χ2n) is 4.52. The van der Waals surface area contributed by atoms with Crippen LogP contribution in [-0.4, -0.2) is 22.3 Å². The maximum Gasteiger partial charge on any atom is 0.147 e. The number of rotatable bonds is 6. The van der Waals surface area contributed by atoms with Crippen LogP contribution in [-0.2, 0) is 6.54 Å². The molecule has 0 aromatic carbocycles. The van der Waals surface area contributed by atoms with Crippen LogP contribution in [0.25, 0.3) is 0 Å². The Morgan fingerprint density at radius 2 is 2.24 bits per heavy atom. The molecule has 0 amide bonds. The van der Waals surface area contributed by atoms with Gasteiger partial charge in [-0.25, -0.2) is 4.98 Å². The summed E-state index contributed by atoms with van der Waals surface area (Å²) in [7, 11) is 0. The first-order valence-electron chi connectivity index (χ1n) is 6.34. The highest BCUT2D eigenvalue weighted by Crippen LogP contribution is 2.27. The summed E-state index contributed by atoms with van der Waals surface area (Å²) in [6, 6.07) is 5.67. The fourth-order valence-electron chi connectivity index (χ4n) is 1.87. The largest absolute Gasteiger partial charge is 0.388 e. The van der Waals surface area contributed by atoms with Gasteiger partial charge in [-0.2, -0.15) is 0 Å². The number of nitrogens with zero attached hydrogens (tertiary/aromatic N) is 3. The molecule has 7 heteroatoms. The number of anilines is 1. The van der Waals surface area contributed by atoms with Crippen molar-refractivity contribution in [3.8, 4) is 0 Å². The average Bonchev–Trinajstić information content (AvgIpc) is 2.45. The van der Waals surface area contributed by atoms with Crippen LogP contribution in [0.15, 0.2) is 41.3 Å². The predicted octanol–water partition coefficient (Wildman–Crippen LogP) is 3.23. The van der Waals surface area contributed by atoms with Gasteiger partial charge in [-0.05, 0) is 33.6 Å². The van der Waals surface area contributed by atoms with Crippen LogP contribution in [0.3, 0.4) is 0 Å². The molecule has 2 aromatic rings. The maximum atomic E-state index is 7.40. The van der Waals surface area contributed by atoms with Gasteiger partial charge in [-0.1, -0.05) is 17.7 Å². The average molecular weight is 369 g/mol. The maximum absolute atomic E-state index is 7.40. The second kappa shape index (κ2) is 7.38. The molecule has 2 aromatic heterocycles. The second-order valence-corrected chi connectivity index (χ2v) is 5.84. The lowest BCUT2D eigenvalue weighted by molar-refractivity contribution is 0.784. The van der Waals surface area contributed by atoms with Crippen molar-refractivity contribution in [3.63, 3.8) is 0 Å². The third kappa shape index (κ3) is 4.68. The molecule has 0 saturated heterocycles. The smallest absolute Gasteiger partial charge is 0.147 e. The van der Waals surface area contributed by atoms with Gasteiger partial charge in [0.25, 0.3) is 0 Å². The van der Waals surface area contributed by atoms with Crippen LogP contribution in [0.1, 0.15) is 12.0 Å². The van der Waals surface area contributed by atoms with Gasteiger partial charge in [-0.3, -0.25) is 10.4 Å². The van der Waals surface area contributed by atoms with Crippen LogP contribution >= 0.6 is 27.5 Å². The first-order valence-corrected chi connectivity index (χ1v) is 7.51. The Kier molecular flexibility index (Phi) is 5.52. The molecule has 2 rings (SSSR count). The molecular formula is C14H15BrClN5. The summed E-state index contributed by atoms with van der Waals surface area (Å²) in [6.45, 7) is 1.17. The number of hydrogen-bond acceptors (Lipinski definition) is 4. The molecule has 0 aliphatic carbocycles. The molecule has 0 atom stereocenters. The molecule has 0 unspecified atom stereocenters. The highest BCUT2D eigenvalue weighted by molar-refractivity contribution is 9.10. The van der Waals surface area contributed by atoms with Crippen LogP contribution < -0.4 is 10.6 Å². The summed E-state index contributed by atoms with van der Waals surface area (Å²) in [5.41, 5.74) is 6.50. The summed E-state index contributed by atoms with van der Waals surface area (Å²) < 4.78 is 0.823. The number of halogens is 2. The first-order chi connectivity index (χ1) is 10.1. The molecule has 0 fully saturated rings. The van der Waals surface area contributed by atoms with E-state index in [9.17, 15) is 0 Å². The summed E-state index contributed by atoms with van der Waals surface area (Å²) >= 11 is 9.62. The quantitative estimate of drug-likeness (QED) is 0.606. The molecule has 0 spiro atoms. The van der Waals surface area contributed by atoms with Crippen molar-refractivity contribution in [2.24, 2.45) is 5.73 Å². The van der Waals surface area contributed by atoms with E-state index in [0.717, 1.165) is 10.0 Å². The molecular weight excluding hydrogens is 354 g/mol. The molecule has 0 aliphatic rings. The van der Waals surface area contributed by atoms with Crippen molar-refractivity contribution < 1.29 is 0 Å². The third-order valence-corrected chi connectivity index (χ3v) is 3.55. The van der Waals surface area contributed by atoms with Gasteiger partial charge in [0.15, 0.2) is 0 Å². The highest BCUT2D eigenvalue weighted by Gasteiger charge is 2.13. The lowest BCUT2D eigenvalue weighted by Gasteiger charge is -2.24. The Bertz CT molecular complexity index is 620. The minimum atomic E-state index is 0.138. The number of hydrogen-bond donors (Lipinski definition) is 2. The summed E-state index contributed by atoms with van der Waals surface area (Å²) in [5, 5.41) is 7.95. The van der Waals surface area contributed by atoms with E-state index < -0.39 is 0 Å². The van der Waals surface area contributed by atoms with Gasteiger partial charge in [0, 0.05) is 42.6 Å². The Balaban J connectivity index is 2.24. The molecule has 0 radical (unpaired) electrons. The molecule has 0 bridgehead atoms. The number of aromatic nitrogens is 2.